The summed E-state index contributed by atoms with van der Waals surface area (Å²) in [5.41, 5.74) is 5.50. The largest absolute Gasteiger partial charge is 0.495 e. The van der Waals surface area contributed by atoms with Crippen LogP contribution in [0.4, 0.5) is 17.1 Å². The first-order chi connectivity index (χ1) is 18.4. The molecular formula is C29H30N6O2S. The lowest BCUT2D eigenvalue weighted by molar-refractivity contribution is -0.114. The highest BCUT2D eigenvalue weighted by Gasteiger charge is 2.42. The van der Waals surface area contributed by atoms with Crippen LogP contribution in [0.25, 0.3) is 5.69 Å². The molecule has 1 saturated heterocycles. The first-order valence-electron chi connectivity index (χ1n) is 12.3. The van der Waals surface area contributed by atoms with Crippen molar-refractivity contribution in [3.63, 3.8) is 0 Å². The number of nitrogens with one attached hydrogen (secondary N) is 2. The van der Waals surface area contributed by atoms with E-state index in [4.69, 9.17) is 17.0 Å². The van der Waals surface area contributed by atoms with E-state index in [9.17, 15) is 4.79 Å². The third-order valence-corrected chi connectivity index (χ3v) is 6.91. The number of ether oxygens (including phenoxy) is 1. The molecule has 2 N–H and O–H groups in total. The van der Waals surface area contributed by atoms with Gasteiger partial charge in [0.15, 0.2) is 5.11 Å². The number of anilines is 3. The van der Waals surface area contributed by atoms with Crippen LogP contribution in [-0.4, -0.2) is 41.8 Å². The monoisotopic (exact) mass is 526 g/mol. The minimum Gasteiger partial charge on any atom is -0.495 e. The molecule has 0 spiro atoms. The molecule has 2 aromatic carbocycles. The number of benzene rings is 2. The SMILES string of the molecule is COc1ccc(N2C(=S)NC(c3ccccn3)C2c2cccn2-c2ccc(N(C)C)cc2)cc1NC(C)=O. The highest BCUT2D eigenvalue weighted by atomic mass is 32.1. The molecule has 1 aliphatic rings. The Hall–Kier alpha value is -4.37. The van der Waals surface area contributed by atoms with Gasteiger partial charge in [0.1, 0.15) is 11.8 Å². The summed E-state index contributed by atoms with van der Waals surface area (Å²) in [6, 6.07) is 23.7. The fourth-order valence-electron chi connectivity index (χ4n) is 4.85. The standard InChI is InChI=1S/C29H30N6O2S/c1-19(36)31-24-18-22(14-15-26(24)37-4)35-28(27(32-29(35)38)23-8-5-6-16-30-23)25-9-7-17-34(25)21-12-10-20(11-13-21)33(2)3/h5-18,27-28H,1-4H3,(H,31,36)(H,32,38). The Morgan fingerprint density at radius 2 is 1.82 bits per heavy atom. The maximum absolute atomic E-state index is 11.9. The molecule has 1 amide bonds. The van der Waals surface area contributed by atoms with Crippen LogP contribution < -0.4 is 25.2 Å². The quantitative estimate of drug-likeness (QED) is 0.325. The smallest absolute Gasteiger partial charge is 0.221 e. The highest BCUT2D eigenvalue weighted by Crippen LogP contribution is 2.43. The second-order valence-corrected chi connectivity index (χ2v) is 9.66. The second-order valence-electron chi connectivity index (χ2n) is 9.28. The van der Waals surface area contributed by atoms with Gasteiger partial charge in [-0.1, -0.05) is 6.07 Å². The van der Waals surface area contributed by atoms with E-state index >= 15 is 0 Å². The van der Waals surface area contributed by atoms with Gasteiger partial charge in [-0.15, -0.1) is 0 Å². The summed E-state index contributed by atoms with van der Waals surface area (Å²) < 4.78 is 7.67. The molecule has 2 atom stereocenters. The molecule has 2 unspecified atom stereocenters. The van der Waals surface area contributed by atoms with Gasteiger partial charge in [0.05, 0.1) is 24.5 Å². The number of nitrogens with zero attached hydrogens (tertiary/aromatic N) is 4. The van der Waals surface area contributed by atoms with Crippen molar-refractivity contribution < 1.29 is 9.53 Å². The summed E-state index contributed by atoms with van der Waals surface area (Å²) in [5.74, 6) is 0.393. The van der Waals surface area contributed by atoms with Crippen molar-refractivity contribution in [2.24, 2.45) is 0 Å². The first kappa shape index (κ1) is 25.3. The van der Waals surface area contributed by atoms with Gasteiger partial charge in [-0.2, -0.15) is 0 Å². The van der Waals surface area contributed by atoms with E-state index in [-0.39, 0.29) is 18.0 Å². The number of hydrogen-bond donors (Lipinski definition) is 2. The van der Waals surface area contributed by atoms with Crippen LogP contribution in [0.5, 0.6) is 5.75 Å². The fraction of sp³-hybridized carbons (Fsp3) is 0.207. The van der Waals surface area contributed by atoms with Gasteiger partial charge in [0.2, 0.25) is 5.91 Å². The number of pyridine rings is 1. The number of amides is 1. The van der Waals surface area contributed by atoms with Crippen molar-refractivity contribution in [1.82, 2.24) is 14.9 Å². The number of carbonyl (C=O) groups excluding carboxylic acids is 1. The van der Waals surface area contributed by atoms with Gasteiger partial charge in [0, 0.05) is 56.2 Å². The van der Waals surface area contributed by atoms with Gasteiger partial charge in [-0.25, -0.2) is 0 Å². The first-order valence-corrected chi connectivity index (χ1v) is 12.7. The molecule has 0 saturated carbocycles. The summed E-state index contributed by atoms with van der Waals surface area (Å²) >= 11 is 5.90. The third kappa shape index (κ3) is 4.80. The minimum absolute atomic E-state index is 0.180. The topological polar surface area (TPSA) is 74.7 Å². The van der Waals surface area contributed by atoms with Crippen molar-refractivity contribution >= 4 is 40.3 Å². The lowest BCUT2D eigenvalue weighted by Crippen LogP contribution is -2.30. The number of thiocarbonyl (C=S) groups is 1. The Balaban J connectivity index is 1.64. The molecule has 5 rings (SSSR count). The summed E-state index contributed by atoms with van der Waals surface area (Å²) in [7, 11) is 5.64. The molecule has 38 heavy (non-hydrogen) atoms. The van der Waals surface area contributed by atoms with E-state index < -0.39 is 0 Å². The molecule has 9 heteroatoms. The average Bonchev–Trinajstić information content (AvgIpc) is 3.53. The molecule has 0 aliphatic carbocycles. The third-order valence-electron chi connectivity index (χ3n) is 6.60. The highest BCUT2D eigenvalue weighted by molar-refractivity contribution is 7.80. The predicted molar refractivity (Wildman–Crippen MR) is 155 cm³/mol. The zero-order valence-corrected chi connectivity index (χ0v) is 22.6. The summed E-state index contributed by atoms with van der Waals surface area (Å²) in [5, 5.41) is 6.95. The van der Waals surface area contributed by atoms with Crippen molar-refractivity contribution in [3.8, 4) is 11.4 Å². The van der Waals surface area contributed by atoms with Crippen LogP contribution in [0, 0.1) is 0 Å². The van der Waals surface area contributed by atoms with E-state index in [2.05, 4.69) is 66.5 Å². The Labute approximate surface area is 227 Å². The Morgan fingerprint density at radius 1 is 1.05 bits per heavy atom. The van der Waals surface area contributed by atoms with Crippen LogP contribution in [0.2, 0.25) is 0 Å². The Morgan fingerprint density at radius 3 is 2.47 bits per heavy atom. The van der Waals surface area contributed by atoms with Crippen LogP contribution in [0.15, 0.2) is 85.2 Å². The van der Waals surface area contributed by atoms with E-state index in [1.807, 2.05) is 56.6 Å². The molecule has 1 fully saturated rings. The van der Waals surface area contributed by atoms with Gasteiger partial charge in [-0.05, 0) is 78.9 Å². The van der Waals surface area contributed by atoms with E-state index in [1.54, 1.807) is 13.3 Å². The molecule has 0 radical (unpaired) electrons. The van der Waals surface area contributed by atoms with Crippen molar-refractivity contribution in [1.29, 1.82) is 0 Å². The molecule has 1 aliphatic heterocycles. The van der Waals surface area contributed by atoms with Gasteiger partial charge in [-0.3, -0.25) is 9.78 Å². The van der Waals surface area contributed by atoms with Crippen molar-refractivity contribution in [3.05, 3.63) is 96.6 Å². The number of aromatic nitrogens is 2. The van der Waals surface area contributed by atoms with Crippen LogP contribution >= 0.6 is 12.2 Å². The molecule has 8 nitrogen and oxygen atoms in total. The van der Waals surface area contributed by atoms with Gasteiger partial charge in [0.25, 0.3) is 0 Å². The normalized spacial score (nSPS) is 16.7. The van der Waals surface area contributed by atoms with Crippen molar-refractivity contribution in [2.45, 2.75) is 19.0 Å². The minimum atomic E-state index is -0.223. The molecule has 3 heterocycles. The van der Waals surface area contributed by atoms with E-state index in [1.165, 1.54) is 6.92 Å². The number of rotatable bonds is 7. The average molecular weight is 527 g/mol. The maximum atomic E-state index is 11.9. The molecule has 4 aromatic rings. The van der Waals surface area contributed by atoms with Crippen LogP contribution in [-0.2, 0) is 4.79 Å². The number of hydrogen-bond acceptors (Lipinski definition) is 5. The molecule has 194 valence electrons. The second kappa shape index (κ2) is 10.5. The zero-order chi connectivity index (χ0) is 26.8. The summed E-state index contributed by atoms with van der Waals surface area (Å²) in [6.07, 6.45) is 3.85. The molecular weight excluding hydrogens is 496 g/mol. The predicted octanol–water partition coefficient (Wildman–Crippen LogP) is 5.08. The van der Waals surface area contributed by atoms with Crippen LogP contribution in [0.1, 0.15) is 30.4 Å². The lowest BCUT2D eigenvalue weighted by Gasteiger charge is -2.29. The van der Waals surface area contributed by atoms with Crippen molar-refractivity contribution in [2.75, 3.05) is 36.3 Å². The van der Waals surface area contributed by atoms with E-state index in [0.29, 0.717) is 16.5 Å². The molecule has 0 bridgehead atoms. The maximum Gasteiger partial charge on any atom is 0.221 e. The summed E-state index contributed by atoms with van der Waals surface area (Å²) in [4.78, 5) is 20.7. The Kier molecular flexibility index (Phi) is 7.02. The number of carbonyl (C=O) groups is 1. The van der Waals surface area contributed by atoms with Gasteiger partial charge >= 0.3 is 0 Å². The van der Waals surface area contributed by atoms with E-state index in [0.717, 1.165) is 28.5 Å². The lowest BCUT2D eigenvalue weighted by atomic mass is 10.0. The fourth-order valence-corrected chi connectivity index (χ4v) is 5.19. The van der Waals surface area contributed by atoms with Crippen LogP contribution in [0.3, 0.4) is 0 Å². The van der Waals surface area contributed by atoms with Gasteiger partial charge < -0.3 is 29.7 Å². The zero-order valence-electron chi connectivity index (χ0n) is 21.8. The Bertz CT molecular complexity index is 1450. The number of methoxy groups -OCH3 is 1. The molecule has 2 aromatic heterocycles. The summed E-state index contributed by atoms with van der Waals surface area (Å²) in [6.45, 7) is 1.47.